The Bertz CT molecular complexity index is 364. The number of hydrogen-bond acceptors (Lipinski definition) is 2. The van der Waals surface area contributed by atoms with E-state index in [0.717, 1.165) is 31.6 Å². The quantitative estimate of drug-likeness (QED) is 0.732. The highest BCUT2D eigenvalue weighted by atomic mass is 19.1. The SMILES string of the molecule is Cc1cc(F)ccc1CCNCC(CN)C(C)C. The Kier molecular flexibility index (Phi) is 6.30. The fourth-order valence-corrected chi connectivity index (χ4v) is 2.04. The number of nitrogens with one attached hydrogen (secondary N) is 1. The number of rotatable bonds is 7. The Morgan fingerprint density at radius 1 is 1.33 bits per heavy atom. The Balaban J connectivity index is 2.33. The largest absolute Gasteiger partial charge is 0.330 e. The lowest BCUT2D eigenvalue weighted by Gasteiger charge is -2.19. The lowest BCUT2D eigenvalue weighted by molar-refractivity contribution is 0.372. The van der Waals surface area contributed by atoms with Gasteiger partial charge in [-0.2, -0.15) is 0 Å². The third-order valence-electron chi connectivity index (χ3n) is 3.53. The molecule has 0 amide bonds. The molecule has 0 saturated heterocycles. The zero-order valence-corrected chi connectivity index (χ0v) is 11.7. The highest BCUT2D eigenvalue weighted by Crippen LogP contribution is 2.11. The number of benzene rings is 1. The van der Waals surface area contributed by atoms with Crippen molar-refractivity contribution in [2.24, 2.45) is 17.6 Å². The predicted molar refractivity (Wildman–Crippen MR) is 75.1 cm³/mol. The van der Waals surface area contributed by atoms with Crippen molar-refractivity contribution in [3.63, 3.8) is 0 Å². The van der Waals surface area contributed by atoms with Crippen molar-refractivity contribution in [3.05, 3.63) is 35.1 Å². The van der Waals surface area contributed by atoms with Crippen LogP contribution in [0, 0.1) is 24.6 Å². The van der Waals surface area contributed by atoms with E-state index in [-0.39, 0.29) is 5.82 Å². The Morgan fingerprint density at radius 2 is 2.06 bits per heavy atom. The Hall–Kier alpha value is -0.930. The molecule has 102 valence electrons. The van der Waals surface area contributed by atoms with E-state index < -0.39 is 0 Å². The molecular weight excluding hydrogens is 227 g/mol. The van der Waals surface area contributed by atoms with Crippen LogP contribution in [-0.4, -0.2) is 19.6 Å². The first kappa shape index (κ1) is 15.1. The number of hydrogen-bond donors (Lipinski definition) is 2. The average Bonchev–Trinajstić information content (AvgIpc) is 2.31. The van der Waals surface area contributed by atoms with Gasteiger partial charge in [-0.1, -0.05) is 19.9 Å². The van der Waals surface area contributed by atoms with Crippen LogP contribution < -0.4 is 11.1 Å². The van der Waals surface area contributed by atoms with E-state index in [4.69, 9.17) is 5.73 Å². The number of halogens is 1. The van der Waals surface area contributed by atoms with Crippen LogP contribution in [0.15, 0.2) is 18.2 Å². The van der Waals surface area contributed by atoms with Gasteiger partial charge < -0.3 is 11.1 Å². The fourth-order valence-electron chi connectivity index (χ4n) is 2.04. The lowest BCUT2D eigenvalue weighted by Crippen LogP contribution is -2.32. The second kappa shape index (κ2) is 7.49. The van der Waals surface area contributed by atoms with Gasteiger partial charge in [-0.15, -0.1) is 0 Å². The first-order valence-corrected chi connectivity index (χ1v) is 6.70. The van der Waals surface area contributed by atoms with Gasteiger partial charge in [-0.25, -0.2) is 4.39 Å². The molecule has 0 aliphatic carbocycles. The Labute approximate surface area is 110 Å². The number of aryl methyl sites for hydroxylation is 1. The average molecular weight is 252 g/mol. The molecule has 0 saturated carbocycles. The molecular formula is C15H25FN2. The van der Waals surface area contributed by atoms with Crippen molar-refractivity contribution in [1.29, 1.82) is 0 Å². The lowest BCUT2D eigenvalue weighted by atomic mass is 9.96. The van der Waals surface area contributed by atoms with Gasteiger partial charge in [0.05, 0.1) is 0 Å². The van der Waals surface area contributed by atoms with Gasteiger partial charge in [-0.05, 0) is 68.1 Å². The summed E-state index contributed by atoms with van der Waals surface area (Å²) in [6.07, 6.45) is 0.932. The molecule has 0 fully saturated rings. The molecule has 1 unspecified atom stereocenters. The number of nitrogens with two attached hydrogens (primary N) is 1. The standard InChI is InChI=1S/C15H25FN2/c1-11(2)14(9-17)10-18-7-6-13-4-5-15(16)8-12(13)3/h4-5,8,11,14,18H,6-7,9-10,17H2,1-3H3. The third-order valence-corrected chi connectivity index (χ3v) is 3.53. The van der Waals surface area contributed by atoms with Gasteiger partial charge in [0.1, 0.15) is 5.82 Å². The van der Waals surface area contributed by atoms with E-state index in [2.05, 4.69) is 19.2 Å². The maximum Gasteiger partial charge on any atom is 0.123 e. The predicted octanol–water partition coefficient (Wildman–Crippen LogP) is 2.50. The molecule has 0 radical (unpaired) electrons. The fraction of sp³-hybridized carbons (Fsp3) is 0.600. The third kappa shape index (κ3) is 4.75. The summed E-state index contributed by atoms with van der Waals surface area (Å²) < 4.78 is 12.9. The second-order valence-electron chi connectivity index (χ2n) is 5.26. The van der Waals surface area contributed by atoms with Gasteiger partial charge in [0.15, 0.2) is 0 Å². The minimum Gasteiger partial charge on any atom is -0.330 e. The summed E-state index contributed by atoms with van der Waals surface area (Å²) in [6, 6.07) is 4.99. The first-order chi connectivity index (χ1) is 8.54. The van der Waals surface area contributed by atoms with Crippen LogP contribution in [0.2, 0.25) is 0 Å². The van der Waals surface area contributed by atoms with Crippen LogP contribution >= 0.6 is 0 Å². The molecule has 0 aliphatic rings. The van der Waals surface area contributed by atoms with Crippen LogP contribution in [0.4, 0.5) is 4.39 Å². The van der Waals surface area contributed by atoms with E-state index >= 15 is 0 Å². The van der Waals surface area contributed by atoms with Crippen molar-refractivity contribution in [2.45, 2.75) is 27.2 Å². The van der Waals surface area contributed by atoms with Crippen molar-refractivity contribution in [3.8, 4) is 0 Å². The summed E-state index contributed by atoms with van der Waals surface area (Å²) >= 11 is 0. The summed E-state index contributed by atoms with van der Waals surface area (Å²) in [5.74, 6) is 0.974. The molecule has 3 heteroatoms. The van der Waals surface area contributed by atoms with Crippen molar-refractivity contribution in [2.75, 3.05) is 19.6 Å². The summed E-state index contributed by atoms with van der Waals surface area (Å²) in [4.78, 5) is 0. The molecule has 18 heavy (non-hydrogen) atoms. The molecule has 1 atom stereocenters. The van der Waals surface area contributed by atoms with Crippen LogP contribution in [0.3, 0.4) is 0 Å². The van der Waals surface area contributed by atoms with Gasteiger partial charge in [-0.3, -0.25) is 0 Å². The van der Waals surface area contributed by atoms with Gasteiger partial charge in [0, 0.05) is 0 Å². The molecule has 0 heterocycles. The maximum absolute atomic E-state index is 12.9. The minimum atomic E-state index is -0.160. The maximum atomic E-state index is 12.9. The summed E-state index contributed by atoms with van der Waals surface area (Å²) in [7, 11) is 0. The monoisotopic (exact) mass is 252 g/mol. The zero-order valence-electron chi connectivity index (χ0n) is 11.7. The molecule has 0 aromatic heterocycles. The topological polar surface area (TPSA) is 38.0 Å². The van der Waals surface area contributed by atoms with Crippen LogP contribution in [0.1, 0.15) is 25.0 Å². The van der Waals surface area contributed by atoms with Gasteiger partial charge in [0.25, 0.3) is 0 Å². The van der Waals surface area contributed by atoms with Crippen LogP contribution in [-0.2, 0) is 6.42 Å². The molecule has 0 bridgehead atoms. The molecule has 0 aliphatic heterocycles. The second-order valence-corrected chi connectivity index (χ2v) is 5.26. The summed E-state index contributed by atoms with van der Waals surface area (Å²) in [6.45, 7) is 8.94. The van der Waals surface area contributed by atoms with E-state index in [9.17, 15) is 4.39 Å². The van der Waals surface area contributed by atoms with Crippen molar-refractivity contribution < 1.29 is 4.39 Å². The van der Waals surface area contributed by atoms with Crippen molar-refractivity contribution >= 4 is 0 Å². The first-order valence-electron chi connectivity index (χ1n) is 6.70. The normalized spacial score (nSPS) is 13.0. The van der Waals surface area contributed by atoms with Gasteiger partial charge >= 0.3 is 0 Å². The molecule has 1 aromatic carbocycles. The molecule has 0 spiro atoms. The minimum absolute atomic E-state index is 0.160. The highest BCUT2D eigenvalue weighted by Gasteiger charge is 2.10. The molecule has 3 N–H and O–H groups in total. The highest BCUT2D eigenvalue weighted by molar-refractivity contribution is 5.26. The van der Waals surface area contributed by atoms with Crippen molar-refractivity contribution in [1.82, 2.24) is 5.32 Å². The van der Waals surface area contributed by atoms with Gasteiger partial charge in [0.2, 0.25) is 0 Å². The molecule has 1 aromatic rings. The summed E-state index contributed by atoms with van der Waals surface area (Å²) in [5.41, 5.74) is 7.96. The van der Waals surface area contributed by atoms with E-state index in [0.29, 0.717) is 11.8 Å². The zero-order chi connectivity index (χ0) is 13.5. The van der Waals surface area contributed by atoms with E-state index in [1.54, 1.807) is 6.07 Å². The molecule has 2 nitrogen and oxygen atoms in total. The van der Waals surface area contributed by atoms with Crippen LogP contribution in [0.25, 0.3) is 0 Å². The Morgan fingerprint density at radius 3 is 2.61 bits per heavy atom. The summed E-state index contributed by atoms with van der Waals surface area (Å²) in [5, 5.41) is 3.43. The molecule has 1 rings (SSSR count). The van der Waals surface area contributed by atoms with E-state index in [1.165, 1.54) is 11.6 Å². The van der Waals surface area contributed by atoms with E-state index in [1.807, 2.05) is 13.0 Å². The smallest absolute Gasteiger partial charge is 0.123 e. The van der Waals surface area contributed by atoms with Crippen LogP contribution in [0.5, 0.6) is 0 Å².